The zero-order valence-corrected chi connectivity index (χ0v) is 12.5. The van der Waals surface area contributed by atoms with Gasteiger partial charge in [0.15, 0.2) is 0 Å². The van der Waals surface area contributed by atoms with Crippen LogP contribution in [0, 0.1) is 0 Å². The second-order valence-corrected chi connectivity index (χ2v) is 5.32. The summed E-state index contributed by atoms with van der Waals surface area (Å²) in [7, 11) is 0. The van der Waals surface area contributed by atoms with Gasteiger partial charge in [-0.15, -0.1) is 0 Å². The van der Waals surface area contributed by atoms with Crippen molar-refractivity contribution < 1.29 is 4.74 Å². The van der Waals surface area contributed by atoms with Crippen LogP contribution in [-0.4, -0.2) is 6.61 Å². The molecule has 0 radical (unpaired) electrons. The highest BCUT2D eigenvalue weighted by Gasteiger charge is 2.04. The fraction of sp³-hybridized carbons (Fsp3) is 0.200. The minimum Gasteiger partial charge on any atom is -0.494 e. The summed E-state index contributed by atoms with van der Waals surface area (Å²) in [5.74, 6) is 0.904. The van der Waals surface area contributed by atoms with Gasteiger partial charge >= 0.3 is 0 Å². The molecule has 2 aromatic rings. The lowest BCUT2D eigenvalue weighted by molar-refractivity contribution is 0.340. The molecule has 2 aromatic carbocycles. The smallest absolute Gasteiger partial charge is 0.119 e. The molecule has 3 heteroatoms. The van der Waals surface area contributed by atoms with Crippen LogP contribution in [0.3, 0.4) is 0 Å². The molecule has 0 amide bonds. The van der Waals surface area contributed by atoms with Crippen LogP contribution in [0.1, 0.15) is 18.1 Å². The van der Waals surface area contributed by atoms with Gasteiger partial charge in [-0.05, 0) is 54.8 Å². The Morgan fingerprint density at radius 2 is 2.00 bits per heavy atom. The maximum Gasteiger partial charge on any atom is 0.119 e. The standard InChI is InChI=1S/C15H14BrClO/c1-2-18-14-5-3-4-11(9-14)8-12-10-13(16)6-7-15(12)17/h3-7,9-10H,2,8H2,1H3. The zero-order chi connectivity index (χ0) is 13.0. The normalized spacial score (nSPS) is 10.4. The van der Waals surface area contributed by atoms with E-state index in [1.807, 2.05) is 31.2 Å². The first-order valence-corrected chi connectivity index (χ1v) is 7.02. The fourth-order valence-corrected chi connectivity index (χ4v) is 2.40. The maximum atomic E-state index is 6.19. The molecule has 0 saturated heterocycles. The van der Waals surface area contributed by atoms with Gasteiger partial charge in [-0.3, -0.25) is 0 Å². The highest BCUT2D eigenvalue weighted by molar-refractivity contribution is 9.10. The minimum atomic E-state index is 0.682. The number of hydrogen-bond donors (Lipinski definition) is 0. The van der Waals surface area contributed by atoms with Gasteiger partial charge in [-0.1, -0.05) is 39.7 Å². The van der Waals surface area contributed by atoms with E-state index in [9.17, 15) is 0 Å². The number of ether oxygens (including phenoxy) is 1. The zero-order valence-electron chi connectivity index (χ0n) is 10.1. The third-order valence-corrected chi connectivity index (χ3v) is 3.47. The minimum absolute atomic E-state index is 0.682. The Morgan fingerprint density at radius 3 is 2.78 bits per heavy atom. The highest BCUT2D eigenvalue weighted by Crippen LogP contribution is 2.24. The predicted molar refractivity (Wildman–Crippen MR) is 79.6 cm³/mol. The fourth-order valence-electron chi connectivity index (χ4n) is 1.81. The molecule has 2 rings (SSSR count). The van der Waals surface area contributed by atoms with Crippen LogP contribution in [0.25, 0.3) is 0 Å². The molecule has 0 aliphatic rings. The molecule has 1 nitrogen and oxygen atoms in total. The molecular weight excluding hydrogens is 312 g/mol. The van der Waals surface area contributed by atoms with Gasteiger partial charge in [-0.25, -0.2) is 0 Å². The molecule has 0 bridgehead atoms. The van der Waals surface area contributed by atoms with E-state index in [1.165, 1.54) is 5.56 Å². The molecule has 0 atom stereocenters. The summed E-state index contributed by atoms with van der Waals surface area (Å²) in [4.78, 5) is 0. The average Bonchev–Trinajstić information content (AvgIpc) is 2.35. The Kier molecular flexibility index (Phi) is 4.67. The Bertz CT molecular complexity index is 540. The third kappa shape index (κ3) is 3.50. The Labute approximate surface area is 121 Å². The molecule has 0 aliphatic carbocycles. The second kappa shape index (κ2) is 6.26. The van der Waals surface area contributed by atoms with E-state index in [-0.39, 0.29) is 0 Å². The molecular formula is C15H14BrClO. The second-order valence-electron chi connectivity index (χ2n) is 3.99. The van der Waals surface area contributed by atoms with E-state index in [4.69, 9.17) is 16.3 Å². The van der Waals surface area contributed by atoms with Crippen molar-refractivity contribution in [2.75, 3.05) is 6.61 Å². The molecule has 0 spiro atoms. The van der Waals surface area contributed by atoms with Crippen molar-refractivity contribution in [2.45, 2.75) is 13.3 Å². The Hall–Kier alpha value is -0.990. The number of halogens is 2. The first-order chi connectivity index (χ1) is 8.69. The number of rotatable bonds is 4. The first-order valence-electron chi connectivity index (χ1n) is 5.84. The highest BCUT2D eigenvalue weighted by atomic mass is 79.9. The van der Waals surface area contributed by atoms with Gasteiger partial charge < -0.3 is 4.74 Å². The van der Waals surface area contributed by atoms with Gasteiger partial charge in [0.25, 0.3) is 0 Å². The van der Waals surface area contributed by atoms with Crippen LogP contribution in [0.5, 0.6) is 5.75 Å². The molecule has 18 heavy (non-hydrogen) atoms. The number of benzene rings is 2. The van der Waals surface area contributed by atoms with E-state index in [0.717, 1.165) is 27.2 Å². The molecule has 0 N–H and O–H groups in total. The van der Waals surface area contributed by atoms with Crippen LogP contribution in [0.2, 0.25) is 5.02 Å². The SMILES string of the molecule is CCOc1cccc(Cc2cc(Br)ccc2Cl)c1. The predicted octanol–water partition coefficient (Wildman–Crippen LogP) is 5.09. The summed E-state index contributed by atoms with van der Waals surface area (Å²) in [6.07, 6.45) is 0.805. The van der Waals surface area contributed by atoms with Gasteiger partial charge in [0.05, 0.1) is 6.61 Å². The number of hydrogen-bond acceptors (Lipinski definition) is 1. The Morgan fingerprint density at radius 1 is 1.17 bits per heavy atom. The lowest BCUT2D eigenvalue weighted by atomic mass is 10.0. The van der Waals surface area contributed by atoms with Crippen molar-refractivity contribution in [1.29, 1.82) is 0 Å². The molecule has 0 unspecified atom stereocenters. The van der Waals surface area contributed by atoms with Crippen molar-refractivity contribution in [3.63, 3.8) is 0 Å². The first kappa shape index (κ1) is 13.4. The van der Waals surface area contributed by atoms with Gasteiger partial charge in [0.1, 0.15) is 5.75 Å². The summed E-state index contributed by atoms with van der Waals surface area (Å²) in [5, 5.41) is 0.792. The summed E-state index contributed by atoms with van der Waals surface area (Å²) < 4.78 is 6.54. The van der Waals surface area contributed by atoms with Crippen LogP contribution < -0.4 is 4.74 Å². The molecule has 0 fully saturated rings. The molecule has 0 heterocycles. The average molecular weight is 326 g/mol. The molecule has 94 valence electrons. The lowest BCUT2D eigenvalue weighted by Gasteiger charge is -2.08. The third-order valence-electron chi connectivity index (χ3n) is 2.61. The van der Waals surface area contributed by atoms with Crippen molar-refractivity contribution in [3.05, 3.63) is 63.1 Å². The lowest BCUT2D eigenvalue weighted by Crippen LogP contribution is -1.94. The van der Waals surface area contributed by atoms with Crippen molar-refractivity contribution in [2.24, 2.45) is 0 Å². The largest absolute Gasteiger partial charge is 0.494 e. The van der Waals surface area contributed by atoms with E-state index in [0.29, 0.717) is 6.61 Å². The summed E-state index contributed by atoms with van der Waals surface area (Å²) >= 11 is 9.66. The van der Waals surface area contributed by atoms with Gasteiger partial charge in [0.2, 0.25) is 0 Å². The summed E-state index contributed by atoms with van der Waals surface area (Å²) in [5.41, 5.74) is 2.31. The molecule has 0 saturated carbocycles. The quantitative estimate of drug-likeness (QED) is 0.760. The van der Waals surface area contributed by atoms with E-state index < -0.39 is 0 Å². The van der Waals surface area contributed by atoms with Crippen molar-refractivity contribution in [1.82, 2.24) is 0 Å². The van der Waals surface area contributed by atoms with Crippen LogP contribution >= 0.6 is 27.5 Å². The Balaban J connectivity index is 2.22. The molecule has 0 aliphatic heterocycles. The molecule has 0 aromatic heterocycles. The van der Waals surface area contributed by atoms with Gasteiger partial charge in [0, 0.05) is 9.50 Å². The van der Waals surface area contributed by atoms with Crippen LogP contribution in [0.4, 0.5) is 0 Å². The topological polar surface area (TPSA) is 9.23 Å². The van der Waals surface area contributed by atoms with Gasteiger partial charge in [-0.2, -0.15) is 0 Å². The van der Waals surface area contributed by atoms with Crippen LogP contribution in [-0.2, 0) is 6.42 Å². The maximum absolute atomic E-state index is 6.19. The monoisotopic (exact) mass is 324 g/mol. The summed E-state index contributed by atoms with van der Waals surface area (Å²) in [6, 6.07) is 14.0. The summed E-state index contributed by atoms with van der Waals surface area (Å²) in [6.45, 7) is 2.67. The van der Waals surface area contributed by atoms with E-state index in [1.54, 1.807) is 0 Å². The van der Waals surface area contributed by atoms with Crippen molar-refractivity contribution in [3.8, 4) is 5.75 Å². The van der Waals surface area contributed by atoms with Crippen molar-refractivity contribution >= 4 is 27.5 Å². The van der Waals surface area contributed by atoms with Crippen LogP contribution in [0.15, 0.2) is 46.9 Å². The van der Waals surface area contributed by atoms with E-state index in [2.05, 4.69) is 34.1 Å². The van der Waals surface area contributed by atoms with E-state index >= 15 is 0 Å².